The van der Waals surface area contributed by atoms with Crippen LogP contribution in [0, 0.1) is 0 Å². The number of thiocarbonyl (C=S) groups is 1. The van der Waals surface area contributed by atoms with Gasteiger partial charge in [0.25, 0.3) is 5.91 Å². The molecule has 1 heterocycles. The zero-order valence-corrected chi connectivity index (χ0v) is 24.5. The predicted octanol–water partition coefficient (Wildman–Crippen LogP) is 4.13. The average molecular weight is 620 g/mol. The van der Waals surface area contributed by atoms with Gasteiger partial charge in [0.05, 0.1) is 42.1 Å². The SMILES string of the molecule is CCOC(=O)C1=C(C)NC(=S)N[C@@H]1c1ccccc1OCC(=O)NN=Cc1cc(Br)c(OCC)c(OCC)c1. The van der Waals surface area contributed by atoms with Gasteiger partial charge in [0.15, 0.2) is 23.2 Å². The van der Waals surface area contributed by atoms with Crippen LogP contribution in [-0.4, -0.2) is 49.6 Å². The Morgan fingerprint density at radius 2 is 1.82 bits per heavy atom. The fourth-order valence-corrected chi connectivity index (χ4v) is 4.67. The molecule has 12 heteroatoms. The minimum absolute atomic E-state index is 0.228. The molecule has 0 aliphatic carbocycles. The lowest BCUT2D eigenvalue weighted by Crippen LogP contribution is -2.45. The summed E-state index contributed by atoms with van der Waals surface area (Å²) in [6, 6.07) is 10.1. The molecule has 0 radical (unpaired) electrons. The molecule has 0 fully saturated rings. The number of hydrazone groups is 1. The zero-order valence-electron chi connectivity index (χ0n) is 22.1. The van der Waals surface area contributed by atoms with Gasteiger partial charge in [-0.05, 0) is 79.6 Å². The third-order valence-corrected chi connectivity index (χ3v) is 6.19. The Hall–Kier alpha value is -3.64. The number of hydrogen-bond acceptors (Lipinski definition) is 8. The van der Waals surface area contributed by atoms with Crippen LogP contribution < -0.4 is 30.3 Å². The molecular formula is C27H31BrN4O6S. The Labute approximate surface area is 241 Å². The number of ether oxygens (including phenoxy) is 4. The van der Waals surface area contributed by atoms with Crippen LogP contribution in [0.2, 0.25) is 0 Å². The number of nitrogens with zero attached hydrogens (tertiary/aromatic N) is 1. The molecule has 0 saturated heterocycles. The lowest BCUT2D eigenvalue weighted by atomic mass is 9.95. The molecule has 1 amide bonds. The quantitative estimate of drug-likeness (QED) is 0.140. The third kappa shape index (κ3) is 7.93. The maximum absolute atomic E-state index is 12.7. The zero-order chi connectivity index (χ0) is 28.4. The summed E-state index contributed by atoms with van der Waals surface area (Å²) in [5.74, 6) is 0.636. The standard InChI is InChI=1S/C27H31BrN4O6S/c1-5-35-21-13-17(12-19(28)25(21)36-6-2)14-29-32-22(33)15-38-20-11-9-8-10-18(20)24-23(26(34)37-7-3)16(4)30-27(39)31-24/h8-14,24H,5-7,15H2,1-4H3,(H,32,33)(H2,30,31,39)/t24-/m1/s1. The van der Waals surface area contributed by atoms with Crippen LogP contribution >= 0.6 is 28.1 Å². The van der Waals surface area contributed by atoms with E-state index in [0.29, 0.717) is 62.4 Å². The maximum atomic E-state index is 12.7. The number of carbonyl (C=O) groups is 2. The van der Waals surface area contributed by atoms with E-state index < -0.39 is 17.9 Å². The van der Waals surface area contributed by atoms with Gasteiger partial charge in [0.1, 0.15) is 5.75 Å². The average Bonchev–Trinajstić information content (AvgIpc) is 2.89. The highest BCUT2D eigenvalue weighted by Gasteiger charge is 2.32. The fourth-order valence-electron chi connectivity index (χ4n) is 3.82. The van der Waals surface area contributed by atoms with Crippen molar-refractivity contribution in [3.63, 3.8) is 0 Å². The number of amides is 1. The van der Waals surface area contributed by atoms with Crippen molar-refractivity contribution < 1.29 is 28.5 Å². The summed E-state index contributed by atoms with van der Waals surface area (Å²) in [5, 5.41) is 10.4. The van der Waals surface area contributed by atoms with Crippen molar-refractivity contribution in [1.82, 2.24) is 16.1 Å². The predicted molar refractivity (Wildman–Crippen MR) is 155 cm³/mol. The van der Waals surface area contributed by atoms with Gasteiger partial charge in [-0.25, -0.2) is 10.2 Å². The van der Waals surface area contributed by atoms with Crippen LogP contribution in [0.5, 0.6) is 17.2 Å². The Morgan fingerprint density at radius 1 is 1.08 bits per heavy atom. The summed E-state index contributed by atoms with van der Waals surface area (Å²) in [6.45, 7) is 8.15. The minimum Gasteiger partial charge on any atom is -0.490 e. The summed E-state index contributed by atoms with van der Waals surface area (Å²) in [7, 11) is 0. The van der Waals surface area contributed by atoms with Crippen LogP contribution in [0.25, 0.3) is 0 Å². The topological polar surface area (TPSA) is 120 Å². The first-order valence-corrected chi connectivity index (χ1v) is 13.6. The number of rotatable bonds is 12. The van der Waals surface area contributed by atoms with E-state index in [-0.39, 0.29) is 13.2 Å². The van der Waals surface area contributed by atoms with Crippen molar-refractivity contribution in [1.29, 1.82) is 0 Å². The number of esters is 1. The van der Waals surface area contributed by atoms with Crippen molar-refractivity contribution in [2.24, 2.45) is 5.10 Å². The molecule has 2 aromatic rings. The highest BCUT2D eigenvalue weighted by Crippen LogP contribution is 2.37. The van der Waals surface area contributed by atoms with Crippen LogP contribution in [0.3, 0.4) is 0 Å². The molecule has 0 spiro atoms. The second-order valence-electron chi connectivity index (χ2n) is 8.11. The van der Waals surface area contributed by atoms with Gasteiger partial charge in [0, 0.05) is 11.3 Å². The van der Waals surface area contributed by atoms with Crippen LogP contribution in [0.4, 0.5) is 0 Å². The number of benzene rings is 2. The second kappa shape index (κ2) is 14.5. The third-order valence-electron chi connectivity index (χ3n) is 5.38. The first-order valence-electron chi connectivity index (χ1n) is 12.4. The van der Waals surface area contributed by atoms with Crippen molar-refractivity contribution in [2.75, 3.05) is 26.4 Å². The lowest BCUT2D eigenvalue weighted by Gasteiger charge is -2.30. The first-order chi connectivity index (χ1) is 18.8. The van der Waals surface area contributed by atoms with E-state index >= 15 is 0 Å². The van der Waals surface area contributed by atoms with E-state index in [1.807, 2.05) is 26.0 Å². The summed E-state index contributed by atoms with van der Waals surface area (Å²) < 4.78 is 23.1. The molecule has 0 unspecified atom stereocenters. The van der Waals surface area contributed by atoms with E-state index in [1.54, 1.807) is 38.1 Å². The number of carbonyl (C=O) groups excluding carboxylic acids is 2. The summed E-state index contributed by atoms with van der Waals surface area (Å²) in [6.07, 6.45) is 1.49. The van der Waals surface area contributed by atoms with Crippen LogP contribution in [0.15, 0.2) is 57.2 Å². The highest BCUT2D eigenvalue weighted by atomic mass is 79.9. The van der Waals surface area contributed by atoms with E-state index in [9.17, 15) is 9.59 Å². The van der Waals surface area contributed by atoms with Gasteiger partial charge in [-0.3, -0.25) is 4.79 Å². The number of allylic oxidation sites excluding steroid dienone is 1. The van der Waals surface area contributed by atoms with Gasteiger partial charge in [-0.1, -0.05) is 18.2 Å². The highest BCUT2D eigenvalue weighted by molar-refractivity contribution is 9.10. The molecular weight excluding hydrogens is 588 g/mol. The van der Waals surface area contributed by atoms with Crippen LogP contribution in [-0.2, 0) is 14.3 Å². The molecule has 208 valence electrons. The van der Waals surface area contributed by atoms with Gasteiger partial charge in [-0.2, -0.15) is 5.10 Å². The van der Waals surface area contributed by atoms with Gasteiger partial charge >= 0.3 is 5.97 Å². The Kier molecular flexibility index (Phi) is 11.1. The summed E-state index contributed by atoms with van der Waals surface area (Å²) >= 11 is 8.79. The normalized spacial score (nSPS) is 14.9. The molecule has 0 bridgehead atoms. The molecule has 3 N–H and O–H groups in total. The second-order valence-corrected chi connectivity index (χ2v) is 9.37. The number of para-hydroxylation sites is 1. The van der Waals surface area contributed by atoms with Gasteiger partial charge in [0.2, 0.25) is 0 Å². The fraction of sp³-hybridized carbons (Fsp3) is 0.333. The Bertz CT molecular complexity index is 1280. The van der Waals surface area contributed by atoms with Crippen molar-refractivity contribution in [3.05, 3.63) is 63.3 Å². The van der Waals surface area contributed by atoms with E-state index in [2.05, 4.69) is 37.1 Å². The Balaban J connectivity index is 1.70. The van der Waals surface area contributed by atoms with Gasteiger partial charge < -0.3 is 29.6 Å². The lowest BCUT2D eigenvalue weighted by molar-refractivity contribution is -0.139. The molecule has 2 aromatic carbocycles. The smallest absolute Gasteiger partial charge is 0.338 e. The van der Waals surface area contributed by atoms with E-state index in [4.69, 9.17) is 31.2 Å². The summed E-state index contributed by atoms with van der Waals surface area (Å²) in [5.41, 5.74) is 4.74. The summed E-state index contributed by atoms with van der Waals surface area (Å²) in [4.78, 5) is 25.2. The molecule has 1 aliphatic rings. The molecule has 3 rings (SSSR count). The largest absolute Gasteiger partial charge is 0.490 e. The molecule has 1 aliphatic heterocycles. The van der Waals surface area contributed by atoms with Gasteiger partial charge in [-0.15, -0.1) is 0 Å². The molecule has 1 atom stereocenters. The molecule has 0 saturated carbocycles. The molecule has 39 heavy (non-hydrogen) atoms. The number of hydrogen-bond donors (Lipinski definition) is 3. The van der Waals surface area contributed by atoms with Crippen molar-refractivity contribution in [3.8, 4) is 17.2 Å². The van der Waals surface area contributed by atoms with E-state index in [1.165, 1.54) is 6.21 Å². The van der Waals surface area contributed by atoms with Crippen LogP contribution in [0.1, 0.15) is 44.9 Å². The maximum Gasteiger partial charge on any atom is 0.338 e. The minimum atomic E-state index is -0.618. The molecule has 0 aromatic heterocycles. The monoisotopic (exact) mass is 618 g/mol. The van der Waals surface area contributed by atoms with Crippen molar-refractivity contribution in [2.45, 2.75) is 33.7 Å². The van der Waals surface area contributed by atoms with Crippen molar-refractivity contribution >= 4 is 51.4 Å². The number of nitrogens with one attached hydrogen (secondary N) is 3. The number of halogens is 1. The molecule has 10 nitrogen and oxygen atoms in total. The Morgan fingerprint density at radius 3 is 2.54 bits per heavy atom. The van der Waals surface area contributed by atoms with E-state index in [0.717, 1.165) is 0 Å². The first kappa shape index (κ1) is 29.9.